The number of nitrogens with one attached hydrogen (secondary N) is 1. The molecule has 1 aliphatic rings. The summed E-state index contributed by atoms with van der Waals surface area (Å²) in [5.74, 6) is -0.968. The van der Waals surface area contributed by atoms with Crippen molar-refractivity contribution in [1.82, 2.24) is 0 Å². The normalized spacial score (nSPS) is 13.8. The van der Waals surface area contributed by atoms with Gasteiger partial charge in [0.15, 0.2) is 5.43 Å². The van der Waals surface area contributed by atoms with Crippen LogP contribution in [0.25, 0.3) is 22.6 Å². The van der Waals surface area contributed by atoms with E-state index in [2.05, 4.69) is 5.32 Å². The van der Waals surface area contributed by atoms with E-state index >= 15 is 0 Å². The second-order valence-corrected chi connectivity index (χ2v) is 7.87. The van der Waals surface area contributed by atoms with Gasteiger partial charge in [-0.05, 0) is 60.4 Å². The third-order valence-corrected chi connectivity index (χ3v) is 5.69. The van der Waals surface area contributed by atoms with Crippen LogP contribution in [0, 0.1) is 0 Å². The van der Waals surface area contributed by atoms with Crippen LogP contribution in [-0.2, 0) is 6.42 Å². The Labute approximate surface area is 188 Å². The van der Waals surface area contributed by atoms with E-state index in [0.29, 0.717) is 34.4 Å². The van der Waals surface area contributed by atoms with Gasteiger partial charge in [0.1, 0.15) is 11.3 Å². The number of hydrogen-bond donors (Lipinski definition) is 2. The summed E-state index contributed by atoms with van der Waals surface area (Å²) in [4.78, 5) is 36.8. The fourth-order valence-electron chi connectivity index (χ4n) is 4.05. The smallest absolute Gasteiger partial charge is 0.335 e. The molecule has 6 nitrogen and oxygen atoms in total. The molecule has 0 radical (unpaired) electrons. The molecule has 5 rings (SSSR count). The molecule has 0 spiro atoms. The van der Waals surface area contributed by atoms with Crippen molar-refractivity contribution in [2.45, 2.75) is 12.8 Å². The number of aromatic carboxylic acids is 1. The van der Waals surface area contributed by atoms with Gasteiger partial charge < -0.3 is 14.8 Å². The first kappa shape index (κ1) is 20.5. The number of carboxylic acids is 1. The zero-order valence-corrected chi connectivity index (χ0v) is 17.5. The Morgan fingerprint density at radius 3 is 2.48 bits per heavy atom. The van der Waals surface area contributed by atoms with E-state index in [4.69, 9.17) is 9.52 Å². The molecular formula is C27H19NO5. The number of anilines is 1. The van der Waals surface area contributed by atoms with Crippen molar-refractivity contribution < 1.29 is 19.1 Å². The fraction of sp³-hybridized carbons (Fsp3) is 0.0741. The first-order chi connectivity index (χ1) is 16.0. The van der Waals surface area contributed by atoms with E-state index in [-0.39, 0.29) is 16.6 Å². The Kier molecular flexibility index (Phi) is 5.11. The van der Waals surface area contributed by atoms with E-state index in [0.717, 1.165) is 17.6 Å². The lowest BCUT2D eigenvalue weighted by molar-refractivity contribution is 0.0697. The van der Waals surface area contributed by atoms with Gasteiger partial charge in [0.05, 0.1) is 10.9 Å². The van der Waals surface area contributed by atoms with E-state index < -0.39 is 11.9 Å². The van der Waals surface area contributed by atoms with Crippen LogP contribution < -0.4 is 10.7 Å². The zero-order chi connectivity index (χ0) is 22.9. The van der Waals surface area contributed by atoms with Gasteiger partial charge >= 0.3 is 5.97 Å². The standard InChI is InChI=1S/C27H19NO5/c29-24-21-12-10-20(28-26(30)18-7-4-8-19(14-18)27(31)32)15-23(21)33-25-17(9-11-22(24)25)13-16-5-2-1-3-6-16/h1-8,10,12-15H,9,11H2,(H,28,30)(H,31,32). The molecule has 6 heteroatoms. The second-order valence-electron chi connectivity index (χ2n) is 7.87. The number of amides is 1. The molecule has 1 amide bonds. The maximum atomic E-state index is 13.0. The molecule has 1 aliphatic carbocycles. The highest BCUT2D eigenvalue weighted by atomic mass is 16.4. The summed E-state index contributed by atoms with van der Waals surface area (Å²) in [6.07, 6.45) is 3.38. The van der Waals surface area contributed by atoms with Crippen LogP contribution in [0.2, 0.25) is 0 Å². The number of carboxylic acid groups (broad SMARTS) is 1. The molecule has 0 fully saturated rings. The van der Waals surface area contributed by atoms with E-state index in [1.807, 2.05) is 36.4 Å². The summed E-state index contributed by atoms with van der Waals surface area (Å²) in [6.45, 7) is 0. The molecule has 0 saturated carbocycles. The first-order valence-corrected chi connectivity index (χ1v) is 10.5. The highest BCUT2D eigenvalue weighted by Crippen LogP contribution is 2.34. The minimum absolute atomic E-state index is 0.0282. The molecular weight excluding hydrogens is 418 g/mol. The van der Waals surface area contributed by atoms with Crippen molar-refractivity contribution in [1.29, 1.82) is 0 Å². The van der Waals surface area contributed by atoms with Crippen LogP contribution in [0.1, 0.15) is 44.0 Å². The van der Waals surface area contributed by atoms with Gasteiger partial charge in [-0.2, -0.15) is 0 Å². The first-order valence-electron chi connectivity index (χ1n) is 10.5. The number of carbonyl (C=O) groups excluding carboxylic acids is 1. The summed E-state index contributed by atoms with van der Waals surface area (Å²) < 4.78 is 6.15. The Balaban J connectivity index is 1.50. The van der Waals surface area contributed by atoms with Crippen LogP contribution in [0.4, 0.5) is 5.69 Å². The molecule has 0 saturated heterocycles. The number of rotatable bonds is 4. The summed E-state index contributed by atoms with van der Waals surface area (Å²) in [5.41, 5.74) is 3.70. The molecule has 0 bridgehead atoms. The molecule has 0 unspecified atom stereocenters. The molecule has 1 heterocycles. The van der Waals surface area contributed by atoms with Gasteiger partial charge in [-0.3, -0.25) is 9.59 Å². The molecule has 2 N–H and O–H groups in total. The third-order valence-electron chi connectivity index (χ3n) is 5.69. The van der Waals surface area contributed by atoms with E-state index in [1.54, 1.807) is 18.2 Å². The molecule has 33 heavy (non-hydrogen) atoms. The van der Waals surface area contributed by atoms with Crippen LogP contribution in [0.3, 0.4) is 0 Å². The van der Waals surface area contributed by atoms with Crippen LogP contribution in [0.5, 0.6) is 0 Å². The van der Waals surface area contributed by atoms with Gasteiger partial charge in [-0.25, -0.2) is 4.79 Å². The van der Waals surface area contributed by atoms with Gasteiger partial charge in [0.25, 0.3) is 5.91 Å². The van der Waals surface area contributed by atoms with Crippen molar-refractivity contribution in [3.05, 3.63) is 111 Å². The summed E-state index contributed by atoms with van der Waals surface area (Å²) >= 11 is 0. The minimum atomic E-state index is -1.11. The maximum Gasteiger partial charge on any atom is 0.335 e. The van der Waals surface area contributed by atoms with E-state index in [9.17, 15) is 14.4 Å². The predicted octanol–water partition coefficient (Wildman–Crippen LogP) is 5.23. The van der Waals surface area contributed by atoms with Crippen LogP contribution >= 0.6 is 0 Å². The lowest BCUT2D eigenvalue weighted by Crippen LogP contribution is -2.13. The second kappa shape index (κ2) is 8.24. The Bertz CT molecular complexity index is 1500. The quantitative estimate of drug-likeness (QED) is 0.456. The fourth-order valence-corrected chi connectivity index (χ4v) is 4.05. The number of carbonyl (C=O) groups is 2. The number of fused-ring (bicyclic) bond motifs is 2. The third kappa shape index (κ3) is 3.94. The Morgan fingerprint density at radius 1 is 0.909 bits per heavy atom. The Hall–Kier alpha value is -4.45. The van der Waals surface area contributed by atoms with Crippen molar-refractivity contribution in [2.75, 3.05) is 5.32 Å². The monoisotopic (exact) mass is 437 g/mol. The molecule has 0 atom stereocenters. The summed E-state index contributed by atoms with van der Waals surface area (Å²) in [7, 11) is 0. The highest BCUT2D eigenvalue weighted by Gasteiger charge is 2.24. The minimum Gasteiger partial charge on any atom is -0.478 e. The Morgan fingerprint density at radius 2 is 1.70 bits per heavy atom. The van der Waals surface area contributed by atoms with E-state index in [1.165, 1.54) is 24.3 Å². The average Bonchev–Trinajstić information content (AvgIpc) is 3.22. The number of allylic oxidation sites excluding steroid dienone is 1. The SMILES string of the molecule is O=C(O)c1cccc(C(=O)Nc2ccc3c(=O)c4c(oc3c2)C(=Cc2ccccc2)CC4)c1. The van der Waals surface area contributed by atoms with Crippen molar-refractivity contribution in [3.63, 3.8) is 0 Å². The van der Waals surface area contributed by atoms with Crippen LogP contribution in [0.15, 0.2) is 82.0 Å². The lowest BCUT2D eigenvalue weighted by atomic mass is 10.1. The summed E-state index contributed by atoms with van der Waals surface area (Å²) in [5, 5.41) is 12.3. The topological polar surface area (TPSA) is 96.6 Å². The molecule has 162 valence electrons. The summed E-state index contributed by atoms with van der Waals surface area (Å²) in [6, 6.07) is 20.5. The highest BCUT2D eigenvalue weighted by molar-refractivity contribution is 6.06. The zero-order valence-electron chi connectivity index (χ0n) is 17.5. The van der Waals surface area contributed by atoms with Gasteiger partial charge in [0, 0.05) is 22.9 Å². The largest absolute Gasteiger partial charge is 0.478 e. The van der Waals surface area contributed by atoms with Gasteiger partial charge in [-0.1, -0.05) is 36.4 Å². The van der Waals surface area contributed by atoms with Crippen molar-refractivity contribution >= 4 is 40.2 Å². The van der Waals surface area contributed by atoms with Gasteiger partial charge in [-0.15, -0.1) is 0 Å². The number of benzene rings is 3. The number of hydrogen-bond acceptors (Lipinski definition) is 4. The van der Waals surface area contributed by atoms with Crippen LogP contribution in [-0.4, -0.2) is 17.0 Å². The predicted molar refractivity (Wildman–Crippen MR) is 126 cm³/mol. The molecule has 1 aromatic heterocycles. The molecule has 3 aromatic carbocycles. The van der Waals surface area contributed by atoms with Gasteiger partial charge in [0.2, 0.25) is 0 Å². The van der Waals surface area contributed by atoms with Crippen molar-refractivity contribution in [2.24, 2.45) is 0 Å². The molecule has 0 aliphatic heterocycles. The average molecular weight is 437 g/mol. The van der Waals surface area contributed by atoms with Crippen molar-refractivity contribution in [3.8, 4) is 0 Å². The molecule has 4 aromatic rings. The maximum absolute atomic E-state index is 13.0. The lowest BCUT2D eigenvalue weighted by Gasteiger charge is -2.08.